The summed E-state index contributed by atoms with van der Waals surface area (Å²) in [5.41, 5.74) is 4.20. The zero-order valence-electron chi connectivity index (χ0n) is 16.5. The monoisotopic (exact) mass is 400 g/mol. The number of para-hydroxylation sites is 1. The highest BCUT2D eigenvalue weighted by Crippen LogP contribution is 2.25. The fourth-order valence-electron chi connectivity index (χ4n) is 3.16. The number of carbonyl (C=O) groups is 1. The highest BCUT2D eigenvalue weighted by molar-refractivity contribution is 5.89. The molecule has 30 heavy (non-hydrogen) atoms. The minimum Gasteiger partial charge on any atom is -0.323 e. The highest BCUT2D eigenvalue weighted by Gasteiger charge is 2.17. The molecular formula is C24H21FN4O. The van der Waals surface area contributed by atoms with Crippen molar-refractivity contribution in [2.75, 3.05) is 12.4 Å². The zero-order chi connectivity index (χ0) is 20.9. The number of benzene rings is 3. The van der Waals surface area contributed by atoms with E-state index in [1.165, 1.54) is 24.3 Å². The third-order valence-electron chi connectivity index (χ3n) is 4.71. The zero-order valence-corrected chi connectivity index (χ0v) is 16.5. The van der Waals surface area contributed by atoms with Gasteiger partial charge in [0.05, 0.1) is 17.9 Å². The highest BCUT2D eigenvalue weighted by atomic mass is 19.1. The van der Waals surface area contributed by atoms with Crippen LogP contribution in [0.15, 0.2) is 91.1 Å². The smallest absolute Gasteiger partial charge is 0.321 e. The van der Waals surface area contributed by atoms with Gasteiger partial charge < -0.3 is 10.2 Å². The molecule has 0 saturated carbocycles. The molecule has 2 amide bonds. The van der Waals surface area contributed by atoms with Gasteiger partial charge in [0.1, 0.15) is 5.82 Å². The molecule has 0 aliphatic rings. The standard InChI is InChI=1S/C24H21FN4O/c1-28(24(30)26-21-14-12-20(25)13-15-21)16-19-17-29(22-10-6-3-7-11-22)27-23(19)18-8-4-2-5-9-18/h2-15,17H,16H2,1H3,(H,26,30). The van der Waals surface area contributed by atoms with Crippen molar-refractivity contribution in [2.45, 2.75) is 6.54 Å². The molecule has 0 fully saturated rings. The van der Waals surface area contributed by atoms with Crippen molar-refractivity contribution >= 4 is 11.7 Å². The van der Waals surface area contributed by atoms with E-state index in [-0.39, 0.29) is 11.8 Å². The summed E-state index contributed by atoms with van der Waals surface area (Å²) in [5.74, 6) is -0.345. The van der Waals surface area contributed by atoms with Gasteiger partial charge in [-0.05, 0) is 36.4 Å². The Labute approximate surface area is 174 Å². The second-order valence-corrected chi connectivity index (χ2v) is 6.94. The number of urea groups is 1. The van der Waals surface area contributed by atoms with Gasteiger partial charge in [-0.3, -0.25) is 0 Å². The first kappa shape index (κ1) is 19.4. The van der Waals surface area contributed by atoms with Gasteiger partial charge in [-0.25, -0.2) is 13.9 Å². The van der Waals surface area contributed by atoms with E-state index in [1.54, 1.807) is 11.9 Å². The van der Waals surface area contributed by atoms with Crippen molar-refractivity contribution in [3.8, 4) is 16.9 Å². The summed E-state index contributed by atoms with van der Waals surface area (Å²) in [4.78, 5) is 14.2. The number of hydrogen-bond donors (Lipinski definition) is 1. The first-order valence-corrected chi connectivity index (χ1v) is 9.57. The summed E-state index contributed by atoms with van der Waals surface area (Å²) in [6.07, 6.45) is 1.94. The number of aromatic nitrogens is 2. The largest absolute Gasteiger partial charge is 0.323 e. The van der Waals surface area contributed by atoms with Gasteiger partial charge in [-0.1, -0.05) is 48.5 Å². The van der Waals surface area contributed by atoms with Crippen molar-refractivity contribution in [2.24, 2.45) is 0 Å². The van der Waals surface area contributed by atoms with Crippen LogP contribution in [-0.4, -0.2) is 27.8 Å². The molecule has 0 unspecified atom stereocenters. The van der Waals surface area contributed by atoms with Crippen molar-refractivity contribution < 1.29 is 9.18 Å². The molecule has 3 aromatic carbocycles. The van der Waals surface area contributed by atoms with Crippen LogP contribution in [0.1, 0.15) is 5.56 Å². The number of amides is 2. The average Bonchev–Trinajstić information content (AvgIpc) is 3.20. The Balaban J connectivity index is 1.59. The third kappa shape index (κ3) is 4.38. The maximum Gasteiger partial charge on any atom is 0.321 e. The van der Waals surface area contributed by atoms with E-state index in [4.69, 9.17) is 5.10 Å². The number of hydrogen-bond acceptors (Lipinski definition) is 2. The van der Waals surface area contributed by atoms with Gasteiger partial charge in [0.15, 0.2) is 0 Å². The molecule has 0 bridgehead atoms. The van der Waals surface area contributed by atoms with E-state index in [2.05, 4.69) is 5.32 Å². The summed E-state index contributed by atoms with van der Waals surface area (Å²) in [7, 11) is 1.72. The lowest BCUT2D eigenvalue weighted by Gasteiger charge is -2.18. The van der Waals surface area contributed by atoms with Crippen molar-refractivity contribution in [3.05, 3.63) is 103 Å². The Bertz CT molecular complexity index is 1130. The fourth-order valence-corrected chi connectivity index (χ4v) is 3.16. The quantitative estimate of drug-likeness (QED) is 0.491. The van der Waals surface area contributed by atoms with Crippen molar-refractivity contribution in [1.29, 1.82) is 0 Å². The van der Waals surface area contributed by atoms with E-state index in [9.17, 15) is 9.18 Å². The number of carbonyl (C=O) groups excluding carboxylic acids is 1. The van der Waals surface area contributed by atoms with Gasteiger partial charge in [0.25, 0.3) is 0 Å². The van der Waals surface area contributed by atoms with Gasteiger partial charge in [0, 0.05) is 30.1 Å². The van der Waals surface area contributed by atoms with Gasteiger partial charge in [0.2, 0.25) is 0 Å². The second kappa shape index (κ2) is 8.61. The number of nitrogens with one attached hydrogen (secondary N) is 1. The Morgan fingerprint density at radius 2 is 1.60 bits per heavy atom. The minimum atomic E-state index is -0.345. The normalized spacial score (nSPS) is 10.6. The second-order valence-electron chi connectivity index (χ2n) is 6.94. The molecule has 0 radical (unpaired) electrons. The van der Waals surface area contributed by atoms with E-state index in [0.717, 1.165) is 22.5 Å². The van der Waals surface area contributed by atoms with E-state index in [1.807, 2.05) is 71.5 Å². The van der Waals surface area contributed by atoms with Crippen molar-refractivity contribution in [1.82, 2.24) is 14.7 Å². The number of rotatable bonds is 5. The van der Waals surface area contributed by atoms with Crippen LogP contribution in [0.25, 0.3) is 16.9 Å². The van der Waals surface area contributed by atoms with Gasteiger partial charge in [-0.15, -0.1) is 0 Å². The summed E-state index contributed by atoms with van der Waals surface area (Å²) in [5, 5.41) is 7.55. The Hall–Kier alpha value is -3.93. The lowest BCUT2D eigenvalue weighted by molar-refractivity contribution is 0.221. The van der Waals surface area contributed by atoms with E-state index in [0.29, 0.717) is 12.2 Å². The summed E-state index contributed by atoms with van der Waals surface area (Å²) < 4.78 is 14.9. The molecule has 0 aliphatic carbocycles. The van der Waals surface area contributed by atoms with Crippen LogP contribution in [0, 0.1) is 5.82 Å². The van der Waals surface area contributed by atoms with E-state index < -0.39 is 0 Å². The molecule has 4 rings (SSSR count). The lowest BCUT2D eigenvalue weighted by Crippen LogP contribution is -2.30. The first-order chi connectivity index (χ1) is 14.6. The van der Waals surface area contributed by atoms with E-state index >= 15 is 0 Å². The minimum absolute atomic E-state index is 0.284. The molecule has 150 valence electrons. The molecular weight excluding hydrogens is 379 g/mol. The van der Waals surface area contributed by atoms with Crippen LogP contribution >= 0.6 is 0 Å². The Morgan fingerprint density at radius 1 is 0.967 bits per heavy atom. The third-order valence-corrected chi connectivity index (χ3v) is 4.71. The molecule has 0 aliphatic heterocycles. The fraction of sp³-hybridized carbons (Fsp3) is 0.0833. The molecule has 0 atom stereocenters. The van der Waals surface area contributed by atoms with Crippen LogP contribution in [0.4, 0.5) is 14.9 Å². The van der Waals surface area contributed by atoms with Crippen LogP contribution in [0.5, 0.6) is 0 Å². The predicted octanol–water partition coefficient (Wildman–Crippen LogP) is 5.34. The van der Waals surface area contributed by atoms with Crippen LogP contribution in [-0.2, 0) is 6.54 Å². The molecule has 1 aromatic heterocycles. The lowest BCUT2D eigenvalue weighted by atomic mass is 10.1. The maximum absolute atomic E-state index is 13.1. The first-order valence-electron chi connectivity index (χ1n) is 9.57. The van der Waals surface area contributed by atoms with Crippen LogP contribution in [0.3, 0.4) is 0 Å². The number of halogens is 1. The molecule has 0 spiro atoms. The molecule has 5 nitrogen and oxygen atoms in total. The molecule has 1 heterocycles. The molecule has 4 aromatic rings. The van der Waals surface area contributed by atoms with Gasteiger partial charge >= 0.3 is 6.03 Å². The predicted molar refractivity (Wildman–Crippen MR) is 116 cm³/mol. The maximum atomic E-state index is 13.1. The average molecular weight is 400 g/mol. The van der Waals surface area contributed by atoms with Crippen LogP contribution in [0.2, 0.25) is 0 Å². The van der Waals surface area contributed by atoms with Crippen molar-refractivity contribution in [3.63, 3.8) is 0 Å². The number of nitrogens with zero attached hydrogens (tertiary/aromatic N) is 3. The summed E-state index contributed by atoms with van der Waals surface area (Å²) >= 11 is 0. The molecule has 6 heteroatoms. The SMILES string of the molecule is CN(Cc1cn(-c2ccccc2)nc1-c1ccccc1)C(=O)Nc1ccc(F)cc1. The number of anilines is 1. The Morgan fingerprint density at radius 3 is 2.27 bits per heavy atom. The topological polar surface area (TPSA) is 50.2 Å². The Kier molecular flexibility index (Phi) is 5.57. The van der Waals surface area contributed by atoms with Crippen LogP contribution < -0.4 is 5.32 Å². The summed E-state index contributed by atoms with van der Waals surface area (Å²) in [6, 6.07) is 25.1. The van der Waals surface area contributed by atoms with Gasteiger partial charge in [-0.2, -0.15) is 5.10 Å². The summed E-state index contributed by atoms with van der Waals surface area (Å²) in [6.45, 7) is 0.365. The molecule has 0 saturated heterocycles. The molecule has 1 N–H and O–H groups in total.